The van der Waals surface area contributed by atoms with Gasteiger partial charge in [0.05, 0.1) is 12.5 Å². The van der Waals surface area contributed by atoms with Crippen LogP contribution in [-0.2, 0) is 11.2 Å². The summed E-state index contributed by atoms with van der Waals surface area (Å²) in [4.78, 5) is 18.8. The molecule has 0 saturated carbocycles. The van der Waals surface area contributed by atoms with Crippen molar-refractivity contribution in [3.05, 3.63) is 35.6 Å². The van der Waals surface area contributed by atoms with Crippen molar-refractivity contribution in [1.82, 2.24) is 15.5 Å². The molecule has 1 heterocycles. The van der Waals surface area contributed by atoms with E-state index in [9.17, 15) is 9.18 Å². The summed E-state index contributed by atoms with van der Waals surface area (Å²) >= 11 is 0. The van der Waals surface area contributed by atoms with Gasteiger partial charge in [0, 0.05) is 19.6 Å². The van der Waals surface area contributed by atoms with Crippen LogP contribution in [0.3, 0.4) is 0 Å². The lowest BCUT2D eigenvalue weighted by Crippen LogP contribution is -2.43. The predicted octanol–water partition coefficient (Wildman–Crippen LogP) is 1.51. The lowest BCUT2D eigenvalue weighted by molar-refractivity contribution is -0.121. The van der Waals surface area contributed by atoms with Crippen molar-refractivity contribution in [3.63, 3.8) is 0 Å². The highest BCUT2D eigenvalue weighted by Gasteiger charge is 2.16. The zero-order valence-electron chi connectivity index (χ0n) is 16.2. The first-order chi connectivity index (χ1) is 13.1. The summed E-state index contributed by atoms with van der Waals surface area (Å²) in [5.74, 6) is -0.417. The molecule has 27 heavy (non-hydrogen) atoms. The van der Waals surface area contributed by atoms with Crippen LogP contribution in [-0.4, -0.2) is 56.0 Å². The predicted molar refractivity (Wildman–Crippen MR) is 107 cm³/mol. The number of hydrogen-bond acceptors (Lipinski definition) is 3. The third-order valence-electron chi connectivity index (χ3n) is 4.78. The molecule has 1 amide bonds. The first-order valence-electron chi connectivity index (χ1n) is 9.86. The maximum Gasteiger partial charge on any atom is 0.222 e. The summed E-state index contributed by atoms with van der Waals surface area (Å²) in [6.45, 7) is 7.17. The average Bonchev–Trinajstić information content (AvgIpc) is 2.67. The van der Waals surface area contributed by atoms with Crippen LogP contribution >= 0.6 is 0 Å². The monoisotopic (exact) mass is 377 g/mol. The lowest BCUT2D eigenvalue weighted by atomic mass is 9.99. The van der Waals surface area contributed by atoms with Gasteiger partial charge in [-0.25, -0.2) is 4.39 Å². The van der Waals surface area contributed by atoms with Crippen LogP contribution < -0.4 is 16.4 Å². The zero-order chi connectivity index (χ0) is 19.5. The topological polar surface area (TPSA) is 82.7 Å². The molecule has 150 valence electrons. The van der Waals surface area contributed by atoms with Crippen molar-refractivity contribution in [2.75, 3.05) is 39.3 Å². The van der Waals surface area contributed by atoms with Crippen molar-refractivity contribution in [3.8, 4) is 0 Å². The van der Waals surface area contributed by atoms with Crippen molar-refractivity contribution >= 4 is 11.9 Å². The largest absolute Gasteiger partial charge is 0.369 e. The Kier molecular flexibility index (Phi) is 9.04. The van der Waals surface area contributed by atoms with Gasteiger partial charge in [-0.15, -0.1) is 0 Å². The van der Waals surface area contributed by atoms with Crippen LogP contribution in [0.2, 0.25) is 0 Å². The van der Waals surface area contributed by atoms with Gasteiger partial charge in [0.2, 0.25) is 5.91 Å². The summed E-state index contributed by atoms with van der Waals surface area (Å²) in [6.07, 6.45) is 4.33. The second-order valence-corrected chi connectivity index (χ2v) is 6.98. The maximum absolute atomic E-state index is 13.0. The number of likely N-dealkylation sites (tertiary alicyclic amines) is 1. The number of amides is 1. The second kappa shape index (κ2) is 11.5. The number of rotatable bonds is 9. The molecule has 4 N–H and O–H groups in total. The number of aliphatic imine (C=N–C) groups is 1. The summed E-state index contributed by atoms with van der Waals surface area (Å²) in [6, 6.07) is 6.14. The van der Waals surface area contributed by atoms with Crippen LogP contribution in [0.1, 0.15) is 31.7 Å². The fraction of sp³-hybridized carbons (Fsp3) is 0.600. The number of primary amides is 1. The molecule has 0 aromatic heterocycles. The third kappa shape index (κ3) is 7.95. The molecule has 1 aliphatic rings. The van der Waals surface area contributed by atoms with Gasteiger partial charge in [-0.3, -0.25) is 9.79 Å². The van der Waals surface area contributed by atoms with Crippen LogP contribution in [0.15, 0.2) is 29.3 Å². The van der Waals surface area contributed by atoms with E-state index in [0.717, 1.165) is 38.3 Å². The number of nitrogens with one attached hydrogen (secondary N) is 2. The highest BCUT2D eigenvalue weighted by atomic mass is 19.1. The number of benzene rings is 1. The van der Waals surface area contributed by atoms with Gasteiger partial charge in [-0.05, 0) is 57.0 Å². The van der Waals surface area contributed by atoms with E-state index in [1.807, 2.05) is 6.92 Å². The van der Waals surface area contributed by atoms with E-state index in [1.54, 1.807) is 12.1 Å². The molecule has 1 fully saturated rings. The minimum atomic E-state index is -0.423. The Morgan fingerprint density at radius 2 is 1.93 bits per heavy atom. The molecule has 2 rings (SSSR count). The van der Waals surface area contributed by atoms with Crippen LogP contribution in [0, 0.1) is 11.7 Å². The van der Waals surface area contributed by atoms with Crippen LogP contribution in [0.25, 0.3) is 0 Å². The van der Waals surface area contributed by atoms with Gasteiger partial charge in [-0.2, -0.15) is 0 Å². The molecule has 1 aromatic carbocycles. The van der Waals surface area contributed by atoms with Crippen LogP contribution in [0.4, 0.5) is 4.39 Å². The zero-order valence-corrected chi connectivity index (χ0v) is 16.2. The first kappa shape index (κ1) is 21.2. The molecule has 0 aliphatic carbocycles. The van der Waals surface area contributed by atoms with Gasteiger partial charge in [0.25, 0.3) is 0 Å². The Morgan fingerprint density at radius 3 is 2.56 bits per heavy atom. The first-order valence-corrected chi connectivity index (χ1v) is 9.86. The molecule has 0 radical (unpaired) electrons. The summed E-state index contributed by atoms with van der Waals surface area (Å²) in [5, 5.41) is 6.53. The van der Waals surface area contributed by atoms with Gasteiger partial charge in [-0.1, -0.05) is 18.6 Å². The van der Waals surface area contributed by atoms with Crippen LogP contribution in [0.5, 0.6) is 0 Å². The van der Waals surface area contributed by atoms with Gasteiger partial charge in [0.1, 0.15) is 5.82 Å². The van der Waals surface area contributed by atoms with Crippen molar-refractivity contribution in [1.29, 1.82) is 0 Å². The van der Waals surface area contributed by atoms with Crippen molar-refractivity contribution in [2.45, 2.75) is 32.6 Å². The summed E-state index contributed by atoms with van der Waals surface area (Å²) in [7, 11) is 0. The second-order valence-electron chi connectivity index (χ2n) is 6.98. The highest BCUT2D eigenvalue weighted by Crippen LogP contribution is 2.11. The number of guanidine groups is 1. The normalized spacial score (nSPS) is 16.7. The van der Waals surface area contributed by atoms with Gasteiger partial charge >= 0.3 is 0 Å². The van der Waals surface area contributed by atoms with Gasteiger partial charge in [0.15, 0.2) is 5.96 Å². The van der Waals surface area contributed by atoms with Gasteiger partial charge < -0.3 is 21.3 Å². The number of carbonyl (C=O) groups is 1. The number of nitrogens with zero attached hydrogens (tertiary/aromatic N) is 2. The molecule has 1 saturated heterocycles. The molecule has 6 nitrogen and oxygen atoms in total. The van der Waals surface area contributed by atoms with E-state index in [-0.39, 0.29) is 5.82 Å². The molecular weight excluding hydrogens is 345 g/mol. The molecule has 1 atom stereocenters. The van der Waals surface area contributed by atoms with E-state index in [2.05, 4.69) is 20.5 Å². The Balaban J connectivity index is 1.86. The minimum absolute atomic E-state index is 0.292. The van der Waals surface area contributed by atoms with E-state index in [1.165, 1.54) is 31.4 Å². The quantitative estimate of drug-likeness (QED) is 0.450. The molecule has 1 aliphatic heterocycles. The fourth-order valence-corrected chi connectivity index (χ4v) is 3.22. The highest BCUT2D eigenvalue weighted by molar-refractivity contribution is 5.81. The molecule has 7 heteroatoms. The Labute approximate surface area is 161 Å². The van der Waals surface area contributed by atoms with E-state index in [4.69, 9.17) is 5.73 Å². The SMILES string of the molecule is CCNC(=NCC(Cc1ccc(F)cc1)C(N)=O)NCCN1CCCCC1. The third-order valence-corrected chi connectivity index (χ3v) is 4.78. The maximum atomic E-state index is 13.0. The molecule has 1 unspecified atom stereocenters. The minimum Gasteiger partial charge on any atom is -0.369 e. The Morgan fingerprint density at radius 1 is 1.22 bits per heavy atom. The fourth-order valence-electron chi connectivity index (χ4n) is 3.22. The average molecular weight is 378 g/mol. The van der Waals surface area contributed by atoms with E-state index >= 15 is 0 Å². The Hall–Kier alpha value is -2.15. The number of hydrogen-bond donors (Lipinski definition) is 3. The standard InChI is InChI=1S/C20H32FN5O/c1-2-23-20(24-10-13-26-11-4-3-5-12-26)25-15-17(19(22)27)14-16-6-8-18(21)9-7-16/h6-9,17H,2-5,10-15H2,1H3,(H2,22,27)(H2,23,24,25). The number of piperidine rings is 1. The van der Waals surface area contributed by atoms with Crippen molar-refractivity contribution < 1.29 is 9.18 Å². The number of nitrogens with two attached hydrogens (primary N) is 1. The number of carbonyl (C=O) groups excluding carboxylic acids is 1. The Bertz CT molecular complexity index is 599. The summed E-state index contributed by atoms with van der Waals surface area (Å²) in [5.41, 5.74) is 6.42. The molecule has 0 spiro atoms. The van der Waals surface area contributed by atoms with E-state index in [0.29, 0.717) is 18.9 Å². The van der Waals surface area contributed by atoms with E-state index < -0.39 is 11.8 Å². The number of halogens is 1. The molecule has 0 bridgehead atoms. The lowest BCUT2D eigenvalue weighted by Gasteiger charge is -2.26. The smallest absolute Gasteiger partial charge is 0.222 e. The molecular formula is C20H32FN5O. The molecule has 1 aromatic rings. The summed E-state index contributed by atoms with van der Waals surface area (Å²) < 4.78 is 13.0. The van der Waals surface area contributed by atoms with Crippen molar-refractivity contribution in [2.24, 2.45) is 16.6 Å².